The first-order valence-corrected chi connectivity index (χ1v) is 8.32. The highest BCUT2D eigenvalue weighted by atomic mass is 19.3. The first-order valence-electron chi connectivity index (χ1n) is 8.32. The maximum atomic E-state index is 12.6. The number of ether oxygens (including phenoxy) is 2. The molecule has 1 aromatic carbocycles. The van der Waals surface area contributed by atoms with E-state index in [1.165, 1.54) is 19.2 Å². The molecular formula is C17H25F2N3O3. The molecule has 140 valence electrons. The fourth-order valence-corrected chi connectivity index (χ4v) is 2.74. The number of hydrogen-bond donors (Lipinski definition) is 1. The van der Waals surface area contributed by atoms with Gasteiger partial charge in [0.1, 0.15) is 0 Å². The highest BCUT2D eigenvalue weighted by molar-refractivity contribution is 5.97. The van der Waals surface area contributed by atoms with Crippen molar-refractivity contribution in [2.45, 2.75) is 13.0 Å². The number of carbonyl (C=O) groups is 1. The van der Waals surface area contributed by atoms with Gasteiger partial charge in [-0.2, -0.15) is 8.78 Å². The van der Waals surface area contributed by atoms with E-state index in [1.807, 2.05) is 0 Å². The summed E-state index contributed by atoms with van der Waals surface area (Å²) in [6, 6.07) is 4.48. The Morgan fingerprint density at radius 2 is 2.00 bits per heavy atom. The zero-order valence-corrected chi connectivity index (χ0v) is 14.6. The van der Waals surface area contributed by atoms with Gasteiger partial charge in [-0.1, -0.05) is 6.07 Å². The molecule has 1 saturated heterocycles. The van der Waals surface area contributed by atoms with E-state index in [-0.39, 0.29) is 17.1 Å². The fourth-order valence-electron chi connectivity index (χ4n) is 2.74. The number of nitrogens with zero attached hydrogens (tertiary/aromatic N) is 2. The fraction of sp³-hybridized carbons (Fsp3) is 0.588. The highest BCUT2D eigenvalue weighted by Gasteiger charge is 2.20. The summed E-state index contributed by atoms with van der Waals surface area (Å²) in [4.78, 5) is 16.9. The number of hydrogen-bond acceptors (Lipinski definition) is 5. The summed E-state index contributed by atoms with van der Waals surface area (Å²) >= 11 is 0. The van der Waals surface area contributed by atoms with Crippen molar-refractivity contribution in [3.05, 3.63) is 23.8 Å². The predicted molar refractivity (Wildman–Crippen MR) is 90.5 cm³/mol. The van der Waals surface area contributed by atoms with Crippen LogP contribution >= 0.6 is 0 Å². The normalized spacial score (nSPS) is 16.0. The molecule has 1 heterocycles. The summed E-state index contributed by atoms with van der Waals surface area (Å²) in [7, 11) is 3.44. The summed E-state index contributed by atoms with van der Waals surface area (Å²) in [5.41, 5.74) is 0.0410. The molecule has 6 nitrogen and oxygen atoms in total. The Morgan fingerprint density at radius 1 is 1.28 bits per heavy atom. The molecule has 1 aliphatic rings. The molecule has 0 spiro atoms. The molecule has 0 aliphatic carbocycles. The molecule has 0 atom stereocenters. The first-order chi connectivity index (χ1) is 12.0. The van der Waals surface area contributed by atoms with Crippen LogP contribution in [0.5, 0.6) is 11.5 Å². The second kappa shape index (κ2) is 9.53. The van der Waals surface area contributed by atoms with Crippen LogP contribution in [-0.2, 0) is 0 Å². The number of methoxy groups -OCH3 is 1. The van der Waals surface area contributed by atoms with Crippen LogP contribution in [0, 0.1) is 0 Å². The summed E-state index contributed by atoms with van der Waals surface area (Å²) in [5.74, 6) is -0.588. The lowest BCUT2D eigenvalue weighted by Crippen LogP contribution is -2.45. The van der Waals surface area contributed by atoms with E-state index in [2.05, 4.69) is 26.9 Å². The van der Waals surface area contributed by atoms with Crippen LogP contribution < -0.4 is 14.8 Å². The second-order valence-electron chi connectivity index (χ2n) is 5.97. The zero-order chi connectivity index (χ0) is 18.2. The van der Waals surface area contributed by atoms with Crippen molar-refractivity contribution in [2.75, 3.05) is 53.4 Å². The largest absolute Gasteiger partial charge is 0.493 e. The number of piperazine rings is 1. The molecule has 0 unspecified atom stereocenters. The van der Waals surface area contributed by atoms with Crippen molar-refractivity contribution in [2.24, 2.45) is 0 Å². The van der Waals surface area contributed by atoms with Crippen molar-refractivity contribution < 1.29 is 23.0 Å². The lowest BCUT2D eigenvalue weighted by Gasteiger charge is -2.32. The highest BCUT2D eigenvalue weighted by Crippen LogP contribution is 2.32. The van der Waals surface area contributed by atoms with Gasteiger partial charge in [-0.05, 0) is 32.1 Å². The second-order valence-corrected chi connectivity index (χ2v) is 5.97. The van der Waals surface area contributed by atoms with Gasteiger partial charge >= 0.3 is 6.61 Å². The number of alkyl halides is 2. The minimum atomic E-state index is -3.03. The number of rotatable bonds is 8. The van der Waals surface area contributed by atoms with Crippen LogP contribution in [0.15, 0.2) is 18.2 Å². The quantitative estimate of drug-likeness (QED) is 0.717. The summed E-state index contributed by atoms with van der Waals surface area (Å²) in [6.45, 7) is 2.47. The minimum Gasteiger partial charge on any atom is -0.493 e. The number of likely N-dealkylation sites (N-methyl/N-ethyl adjacent to an activating group) is 1. The lowest BCUT2D eigenvalue weighted by atomic mass is 10.1. The number of benzene rings is 1. The zero-order valence-electron chi connectivity index (χ0n) is 14.6. The van der Waals surface area contributed by atoms with Gasteiger partial charge in [0, 0.05) is 32.7 Å². The number of para-hydroxylation sites is 1. The van der Waals surface area contributed by atoms with Gasteiger partial charge in [0.05, 0.1) is 12.7 Å². The number of nitrogens with one attached hydrogen (secondary N) is 1. The minimum absolute atomic E-state index is 0.0410. The maximum absolute atomic E-state index is 12.6. The summed E-state index contributed by atoms with van der Waals surface area (Å²) < 4.78 is 34.7. The van der Waals surface area contributed by atoms with Crippen LogP contribution in [0.4, 0.5) is 8.78 Å². The average Bonchev–Trinajstić information content (AvgIpc) is 2.59. The van der Waals surface area contributed by atoms with Gasteiger partial charge in [-0.15, -0.1) is 0 Å². The Morgan fingerprint density at radius 3 is 2.64 bits per heavy atom. The molecule has 0 aromatic heterocycles. The molecule has 1 aliphatic heterocycles. The lowest BCUT2D eigenvalue weighted by molar-refractivity contribution is -0.0515. The van der Waals surface area contributed by atoms with Gasteiger partial charge in [0.2, 0.25) is 0 Å². The third-order valence-corrected chi connectivity index (χ3v) is 4.18. The van der Waals surface area contributed by atoms with Crippen molar-refractivity contribution in [1.82, 2.24) is 15.1 Å². The van der Waals surface area contributed by atoms with Crippen molar-refractivity contribution in [3.63, 3.8) is 0 Å². The van der Waals surface area contributed by atoms with Gasteiger partial charge in [0.15, 0.2) is 11.5 Å². The third-order valence-electron chi connectivity index (χ3n) is 4.18. The molecule has 25 heavy (non-hydrogen) atoms. The standard InChI is InChI=1S/C17H25F2N3O3/c1-21-9-11-22(12-10-21)8-4-7-20-16(23)13-5-3-6-14(24-2)15(13)25-17(18)19/h3,5-6,17H,4,7-12H2,1-2H3,(H,20,23). The molecule has 0 radical (unpaired) electrons. The molecule has 0 bridgehead atoms. The van der Waals surface area contributed by atoms with E-state index < -0.39 is 12.5 Å². The monoisotopic (exact) mass is 357 g/mol. The molecule has 2 rings (SSSR count). The van der Waals surface area contributed by atoms with Crippen LogP contribution in [-0.4, -0.2) is 75.7 Å². The van der Waals surface area contributed by atoms with Gasteiger partial charge in [0.25, 0.3) is 5.91 Å². The number of carbonyl (C=O) groups excluding carboxylic acids is 1. The van der Waals surface area contributed by atoms with Gasteiger partial charge < -0.3 is 24.6 Å². The Balaban J connectivity index is 1.86. The Kier molecular flexibility index (Phi) is 7.39. The van der Waals surface area contributed by atoms with Crippen LogP contribution in [0.2, 0.25) is 0 Å². The Bertz CT molecular complexity index is 564. The maximum Gasteiger partial charge on any atom is 0.387 e. The van der Waals surface area contributed by atoms with Crippen molar-refractivity contribution in [1.29, 1.82) is 0 Å². The predicted octanol–water partition coefficient (Wildman–Crippen LogP) is 1.66. The summed E-state index contributed by atoms with van der Waals surface area (Å²) in [6.07, 6.45) is 0.796. The van der Waals surface area contributed by atoms with E-state index in [4.69, 9.17) is 4.74 Å². The Labute approximate surface area is 146 Å². The van der Waals surface area contributed by atoms with E-state index in [1.54, 1.807) is 6.07 Å². The average molecular weight is 357 g/mol. The Hall–Kier alpha value is -1.93. The molecule has 1 fully saturated rings. The molecule has 0 saturated carbocycles. The SMILES string of the molecule is COc1cccc(C(=O)NCCCN2CCN(C)CC2)c1OC(F)F. The van der Waals surface area contributed by atoms with Crippen molar-refractivity contribution >= 4 is 5.91 Å². The smallest absolute Gasteiger partial charge is 0.387 e. The van der Waals surface area contributed by atoms with Crippen LogP contribution in [0.25, 0.3) is 0 Å². The van der Waals surface area contributed by atoms with Crippen LogP contribution in [0.3, 0.4) is 0 Å². The molecular weight excluding hydrogens is 332 g/mol. The van der Waals surface area contributed by atoms with Gasteiger partial charge in [-0.3, -0.25) is 4.79 Å². The number of halogens is 2. The number of amides is 1. The first kappa shape index (κ1) is 19.4. The van der Waals surface area contributed by atoms with E-state index in [9.17, 15) is 13.6 Å². The topological polar surface area (TPSA) is 54.0 Å². The third kappa shape index (κ3) is 5.82. The molecule has 1 aromatic rings. The van der Waals surface area contributed by atoms with Gasteiger partial charge in [-0.25, -0.2) is 0 Å². The molecule has 1 N–H and O–H groups in total. The summed E-state index contributed by atoms with van der Waals surface area (Å²) in [5, 5.41) is 2.76. The molecule has 8 heteroatoms. The molecule has 1 amide bonds. The van der Waals surface area contributed by atoms with E-state index in [0.717, 1.165) is 39.1 Å². The van der Waals surface area contributed by atoms with E-state index in [0.29, 0.717) is 6.54 Å². The van der Waals surface area contributed by atoms with Crippen molar-refractivity contribution in [3.8, 4) is 11.5 Å². The van der Waals surface area contributed by atoms with Crippen LogP contribution in [0.1, 0.15) is 16.8 Å². The van der Waals surface area contributed by atoms with E-state index >= 15 is 0 Å².